The zero-order chi connectivity index (χ0) is 13.1. The van der Waals surface area contributed by atoms with Crippen molar-refractivity contribution in [3.05, 3.63) is 36.2 Å². The Kier molecular flexibility index (Phi) is 3.84. The second kappa shape index (κ2) is 5.75. The van der Waals surface area contributed by atoms with Gasteiger partial charge in [0.25, 0.3) is 0 Å². The molecule has 0 saturated carbocycles. The van der Waals surface area contributed by atoms with E-state index in [1.165, 1.54) is 5.75 Å². The molecule has 19 heavy (non-hydrogen) atoms. The molecule has 1 atom stereocenters. The summed E-state index contributed by atoms with van der Waals surface area (Å²) in [5.74, 6) is 4.25. The third kappa shape index (κ3) is 2.98. The maximum absolute atomic E-state index is 4.68. The van der Waals surface area contributed by atoms with Crippen LogP contribution in [0.2, 0.25) is 0 Å². The number of aryl methyl sites for hydroxylation is 1. The Morgan fingerprint density at radius 2 is 2.21 bits per heavy atom. The first kappa shape index (κ1) is 12.7. The Morgan fingerprint density at radius 3 is 2.95 bits per heavy atom. The topological polar surface area (TPSA) is 42.7 Å². The standard InChI is InChI=1S/C14H18N4S/c1-18-13(9-12-10-19-8-7-15-12)16-14(17-18)11-5-3-2-4-6-11/h2-6,12,15H,7-10H2,1H3. The lowest BCUT2D eigenvalue weighted by molar-refractivity contribution is 0.534. The normalized spacial score (nSPS) is 19.5. The van der Waals surface area contributed by atoms with Crippen LogP contribution in [0.15, 0.2) is 30.3 Å². The van der Waals surface area contributed by atoms with Crippen LogP contribution in [0.25, 0.3) is 11.4 Å². The van der Waals surface area contributed by atoms with Gasteiger partial charge in [0.1, 0.15) is 5.82 Å². The maximum Gasteiger partial charge on any atom is 0.181 e. The molecule has 1 N–H and O–H groups in total. The van der Waals surface area contributed by atoms with Crippen LogP contribution in [0.1, 0.15) is 5.82 Å². The molecule has 1 fully saturated rings. The molecule has 0 spiro atoms. The van der Waals surface area contributed by atoms with E-state index in [9.17, 15) is 0 Å². The van der Waals surface area contributed by atoms with Crippen molar-refractivity contribution in [2.75, 3.05) is 18.1 Å². The fourth-order valence-corrected chi connectivity index (χ4v) is 3.22. The largest absolute Gasteiger partial charge is 0.312 e. The van der Waals surface area contributed by atoms with E-state index in [2.05, 4.69) is 15.4 Å². The second-order valence-electron chi connectivity index (χ2n) is 4.77. The zero-order valence-electron chi connectivity index (χ0n) is 11.0. The van der Waals surface area contributed by atoms with E-state index in [4.69, 9.17) is 0 Å². The minimum atomic E-state index is 0.519. The van der Waals surface area contributed by atoms with Gasteiger partial charge in [-0.2, -0.15) is 16.9 Å². The van der Waals surface area contributed by atoms with Gasteiger partial charge in [0, 0.05) is 43.1 Å². The van der Waals surface area contributed by atoms with Gasteiger partial charge in [-0.15, -0.1) is 0 Å². The van der Waals surface area contributed by atoms with Crippen LogP contribution in [0.5, 0.6) is 0 Å². The minimum absolute atomic E-state index is 0.519. The molecule has 0 aliphatic carbocycles. The highest BCUT2D eigenvalue weighted by Gasteiger charge is 2.17. The number of thioether (sulfide) groups is 1. The van der Waals surface area contributed by atoms with Crippen LogP contribution < -0.4 is 5.32 Å². The van der Waals surface area contributed by atoms with Crippen molar-refractivity contribution in [3.63, 3.8) is 0 Å². The molecule has 1 aromatic carbocycles. The van der Waals surface area contributed by atoms with Gasteiger partial charge in [0.15, 0.2) is 5.82 Å². The second-order valence-corrected chi connectivity index (χ2v) is 5.92. The molecule has 1 aliphatic heterocycles. The Balaban J connectivity index is 1.77. The Hall–Kier alpha value is -1.33. The number of benzene rings is 1. The Labute approximate surface area is 117 Å². The fourth-order valence-electron chi connectivity index (χ4n) is 2.28. The monoisotopic (exact) mass is 274 g/mol. The van der Waals surface area contributed by atoms with Crippen molar-refractivity contribution in [1.29, 1.82) is 0 Å². The first-order valence-electron chi connectivity index (χ1n) is 6.59. The minimum Gasteiger partial charge on any atom is -0.312 e. The van der Waals surface area contributed by atoms with Gasteiger partial charge in [-0.1, -0.05) is 30.3 Å². The highest BCUT2D eigenvalue weighted by Crippen LogP contribution is 2.16. The van der Waals surface area contributed by atoms with Gasteiger partial charge in [-0.3, -0.25) is 4.68 Å². The summed E-state index contributed by atoms with van der Waals surface area (Å²) in [4.78, 5) is 4.68. The lowest BCUT2D eigenvalue weighted by atomic mass is 10.2. The van der Waals surface area contributed by atoms with Crippen molar-refractivity contribution < 1.29 is 0 Å². The van der Waals surface area contributed by atoms with E-state index in [0.717, 1.165) is 35.9 Å². The molecule has 0 radical (unpaired) electrons. The lowest BCUT2D eigenvalue weighted by Crippen LogP contribution is -2.39. The van der Waals surface area contributed by atoms with Crippen molar-refractivity contribution in [1.82, 2.24) is 20.1 Å². The van der Waals surface area contributed by atoms with Gasteiger partial charge in [0.05, 0.1) is 0 Å². The molecule has 1 aliphatic rings. The summed E-state index contributed by atoms with van der Waals surface area (Å²) in [5, 5.41) is 8.06. The van der Waals surface area contributed by atoms with Gasteiger partial charge in [-0.25, -0.2) is 4.98 Å². The van der Waals surface area contributed by atoms with E-state index in [1.54, 1.807) is 0 Å². The van der Waals surface area contributed by atoms with E-state index in [-0.39, 0.29) is 0 Å². The molecule has 0 bridgehead atoms. The van der Waals surface area contributed by atoms with E-state index >= 15 is 0 Å². The van der Waals surface area contributed by atoms with E-state index in [0.29, 0.717) is 6.04 Å². The summed E-state index contributed by atoms with van der Waals surface area (Å²) in [7, 11) is 1.98. The molecular weight excluding hydrogens is 256 g/mol. The van der Waals surface area contributed by atoms with Gasteiger partial charge in [0.2, 0.25) is 0 Å². The summed E-state index contributed by atoms with van der Waals surface area (Å²) in [6.07, 6.45) is 0.948. The van der Waals surface area contributed by atoms with Gasteiger partial charge < -0.3 is 5.32 Å². The SMILES string of the molecule is Cn1nc(-c2ccccc2)nc1CC1CSCCN1. The van der Waals surface area contributed by atoms with Crippen molar-refractivity contribution in [2.45, 2.75) is 12.5 Å². The van der Waals surface area contributed by atoms with Crippen LogP contribution in [-0.4, -0.2) is 38.9 Å². The molecule has 3 rings (SSSR count). The summed E-state index contributed by atoms with van der Waals surface area (Å²) >= 11 is 2.01. The predicted octanol–water partition coefficient (Wildman–Crippen LogP) is 1.73. The number of hydrogen-bond donors (Lipinski definition) is 1. The quantitative estimate of drug-likeness (QED) is 0.925. The average molecular weight is 274 g/mol. The molecule has 5 heteroatoms. The summed E-state index contributed by atoms with van der Waals surface area (Å²) in [6, 6.07) is 10.7. The Bertz CT molecular complexity index is 532. The number of aromatic nitrogens is 3. The molecule has 1 aromatic heterocycles. The molecule has 1 saturated heterocycles. The van der Waals surface area contributed by atoms with Crippen molar-refractivity contribution >= 4 is 11.8 Å². The maximum atomic E-state index is 4.68. The van der Waals surface area contributed by atoms with Crippen LogP contribution in [0, 0.1) is 0 Å². The average Bonchev–Trinajstić information content (AvgIpc) is 2.82. The lowest BCUT2D eigenvalue weighted by Gasteiger charge is -2.22. The van der Waals surface area contributed by atoms with E-state index in [1.807, 2.05) is 53.8 Å². The third-order valence-electron chi connectivity index (χ3n) is 3.31. The third-order valence-corrected chi connectivity index (χ3v) is 4.44. The first-order chi connectivity index (χ1) is 9.33. The molecule has 1 unspecified atom stereocenters. The smallest absolute Gasteiger partial charge is 0.181 e. The molecule has 2 heterocycles. The van der Waals surface area contributed by atoms with Crippen LogP contribution in [0.3, 0.4) is 0 Å². The number of nitrogens with zero attached hydrogens (tertiary/aromatic N) is 3. The number of hydrogen-bond acceptors (Lipinski definition) is 4. The molecule has 4 nitrogen and oxygen atoms in total. The number of nitrogens with one attached hydrogen (secondary N) is 1. The molecular formula is C14H18N4S. The molecule has 100 valence electrons. The first-order valence-corrected chi connectivity index (χ1v) is 7.75. The van der Waals surface area contributed by atoms with Crippen LogP contribution in [0.4, 0.5) is 0 Å². The van der Waals surface area contributed by atoms with Gasteiger partial charge in [-0.05, 0) is 0 Å². The van der Waals surface area contributed by atoms with Crippen molar-refractivity contribution in [3.8, 4) is 11.4 Å². The van der Waals surface area contributed by atoms with E-state index < -0.39 is 0 Å². The van der Waals surface area contributed by atoms with Gasteiger partial charge >= 0.3 is 0 Å². The zero-order valence-corrected chi connectivity index (χ0v) is 11.9. The summed E-state index contributed by atoms with van der Waals surface area (Å²) in [6.45, 7) is 1.10. The summed E-state index contributed by atoms with van der Waals surface area (Å²) < 4.78 is 1.91. The summed E-state index contributed by atoms with van der Waals surface area (Å²) in [5.41, 5.74) is 1.08. The van der Waals surface area contributed by atoms with Crippen molar-refractivity contribution in [2.24, 2.45) is 7.05 Å². The highest BCUT2D eigenvalue weighted by atomic mass is 32.2. The Morgan fingerprint density at radius 1 is 1.37 bits per heavy atom. The predicted molar refractivity (Wildman–Crippen MR) is 79.3 cm³/mol. The van der Waals surface area contributed by atoms with Crippen LogP contribution in [-0.2, 0) is 13.5 Å². The number of rotatable bonds is 3. The molecule has 0 amide bonds. The highest BCUT2D eigenvalue weighted by molar-refractivity contribution is 7.99. The fraction of sp³-hybridized carbons (Fsp3) is 0.429. The molecule has 2 aromatic rings. The van der Waals surface area contributed by atoms with Crippen LogP contribution >= 0.6 is 11.8 Å².